The minimum absolute atomic E-state index is 0.224. The van der Waals surface area contributed by atoms with Gasteiger partial charge in [0, 0.05) is 24.0 Å². The van der Waals surface area contributed by atoms with E-state index < -0.39 is 17.7 Å². The van der Waals surface area contributed by atoms with Crippen molar-refractivity contribution in [3.05, 3.63) is 24.3 Å². The van der Waals surface area contributed by atoms with Gasteiger partial charge in [0.25, 0.3) is 0 Å². The van der Waals surface area contributed by atoms with E-state index in [9.17, 15) is 14.4 Å². The van der Waals surface area contributed by atoms with Crippen LogP contribution in [-0.2, 0) is 9.53 Å². The number of anilines is 2. The molecule has 3 N–H and O–H groups in total. The molecule has 1 heterocycles. The Hall–Kier alpha value is -2.77. The summed E-state index contributed by atoms with van der Waals surface area (Å²) in [7, 11) is 0. The van der Waals surface area contributed by atoms with Crippen molar-refractivity contribution in [2.75, 3.05) is 17.2 Å². The van der Waals surface area contributed by atoms with Crippen molar-refractivity contribution in [2.24, 2.45) is 0 Å². The van der Waals surface area contributed by atoms with Crippen LogP contribution in [-0.4, -0.2) is 47.2 Å². The van der Waals surface area contributed by atoms with Crippen molar-refractivity contribution in [2.45, 2.75) is 64.1 Å². The van der Waals surface area contributed by atoms with Crippen LogP contribution >= 0.6 is 0 Å². The summed E-state index contributed by atoms with van der Waals surface area (Å²) in [5.74, 6) is -0.240. The van der Waals surface area contributed by atoms with E-state index in [1.165, 1.54) is 4.90 Å². The highest BCUT2D eigenvalue weighted by molar-refractivity contribution is 5.97. The summed E-state index contributed by atoms with van der Waals surface area (Å²) in [6, 6.07) is 6.41. The molecule has 0 spiro atoms. The second kappa shape index (κ2) is 8.08. The molecule has 1 aliphatic heterocycles. The molecule has 1 aromatic carbocycles. The third-order valence-corrected chi connectivity index (χ3v) is 4.51. The van der Waals surface area contributed by atoms with Crippen LogP contribution in [0.1, 0.15) is 46.5 Å². The summed E-state index contributed by atoms with van der Waals surface area (Å²) in [6.07, 6.45) is 2.95. The molecule has 1 atom stereocenters. The first-order valence-corrected chi connectivity index (χ1v) is 9.69. The predicted octanol–water partition coefficient (Wildman–Crippen LogP) is 3.31. The van der Waals surface area contributed by atoms with Crippen LogP contribution in [0.3, 0.4) is 0 Å². The van der Waals surface area contributed by atoms with Gasteiger partial charge in [0.05, 0.1) is 0 Å². The van der Waals surface area contributed by atoms with E-state index in [0.29, 0.717) is 24.3 Å². The first-order valence-electron chi connectivity index (χ1n) is 9.69. The molecule has 0 unspecified atom stereocenters. The maximum Gasteiger partial charge on any atom is 0.410 e. The van der Waals surface area contributed by atoms with Crippen molar-refractivity contribution >= 4 is 29.4 Å². The lowest BCUT2D eigenvalue weighted by Crippen LogP contribution is -2.45. The maximum absolute atomic E-state index is 12.6. The van der Waals surface area contributed by atoms with Gasteiger partial charge in [-0.05, 0) is 70.7 Å². The molecule has 0 aromatic heterocycles. The number of carbonyl (C=O) groups is 3. The predicted molar refractivity (Wildman–Crippen MR) is 106 cm³/mol. The Bertz CT molecular complexity index is 738. The lowest BCUT2D eigenvalue weighted by molar-refractivity contribution is -0.120. The average molecular weight is 388 g/mol. The number of likely N-dealkylation sites (tertiary alicyclic amines) is 1. The number of nitrogens with one attached hydrogen (secondary N) is 3. The monoisotopic (exact) mass is 388 g/mol. The Morgan fingerprint density at radius 3 is 2.18 bits per heavy atom. The van der Waals surface area contributed by atoms with Crippen molar-refractivity contribution in [1.82, 2.24) is 10.2 Å². The minimum atomic E-state index is -0.602. The van der Waals surface area contributed by atoms with Crippen molar-refractivity contribution in [1.29, 1.82) is 0 Å². The fourth-order valence-electron chi connectivity index (χ4n) is 3.02. The van der Waals surface area contributed by atoms with Crippen molar-refractivity contribution in [3.8, 4) is 0 Å². The third-order valence-electron chi connectivity index (χ3n) is 4.51. The molecule has 1 aliphatic carbocycles. The Balaban J connectivity index is 1.54. The highest BCUT2D eigenvalue weighted by atomic mass is 16.6. The molecule has 1 saturated carbocycles. The van der Waals surface area contributed by atoms with Gasteiger partial charge in [0.15, 0.2) is 0 Å². The molecule has 28 heavy (non-hydrogen) atoms. The normalized spacial score (nSPS) is 19.1. The van der Waals surface area contributed by atoms with Crippen LogP contribution in [0.4, 0.5) is 21.0 Å². The fraction of sp³-hybridized carbons (Fsp3) is 0.550. The zero-order valence-corrected chi connectivity index (χ0v) is 16.6. The van der Waals surface area contributed by atoms with Gasteiger partial charge >= 0.3 is 12.1 Å². The number of nitrogens with zero attached hydrogens (tertiary/aromatic N) is 1. The molecule has 4 amide bonds. The van der Waals surface area contributed by atoms with Crippen LogP contribution in [0.25, 0.3) is 0 Å². The van der Waals surface area contributed by atoms with Gasteiger partial charge in [-0.2, -0.15) is 0 Å². The van der Waals surface area contributed by atoms with Crippen molar-refractivity contribution < 1.29 is 19.1 Å². The fourth-order valence-corrected chi connectivity index (χ4v) is 3.02. The highest BCUT2D eigenvalue weighted by Gasteiger charge is 2.36. The Morgan fingerprint density at radius 2 is 1.61 bits per heavy atom. The molecule has 8 heteroatoms. The first kappa shape index (κ1) is 20.0. The van der Waals surface area contributed by atoms with E-state index in [1.54, 1.807) is 45.0 Å². The summed E-state index contributed by atoms with van der Waals surface area (Å²) in [5.41, 5.74) is 0.650. The van der Waals surface area contributed by atoms with Crippen LogP contribution in [0.2, 0.25) is 0 Å². The quantitative estimate of drug-likeness (QED) is 0.737. The number of hydrogen-bond acceptors (Lipinski definition) is 4. The van der Waals surface area contributed by atoms with Crippen LogP contribution < -0.4 is 16.0 Å². The number of hydrogen-bond donors (Lipinski definition) is 3. The Labute approximate surface area is 165 Å². The highest BCUT2D eigenvalue weighted by Crippen LogP contribution is 2.23. The van der Waals surface area contributed by atoms with Crippen LogP contribution in [0.15, 0.2) is 24.3 Å². The molecule has 1 saturated heterocycles. The summed E-state index contributed by atoms with van der Waals surface area (Å²) in [4.78, 5) is 38.2. The number of benzene rings is 1. The molecule has 0 radical (unpaired) electrons. The number of rotatable bonds is 4. The zero-order valence-electron chi connectivity index (χ0n) is 16.6. The maximum atomic E-state index is 12.6. The second-order valence-corrected chi connectivity index (χ2v) is 8.27. The van der Waals surface area contributed by atoms with Gasteiger partial charge in [0.2, 0.25) is 5.91 Å². The first-order chi connectivity index (χ1) is 13.2. The SMILES string of the molecule is CC(C)(C)OC(=O)N1CCC[C@H]1C(=O)Nc1ccc(NC(=O)NC2CC2)cc1. The van der Waals surface area contributed by atoms with Crippen LogP contribution in [0, 0.1) is 0 Å². The molecular weight excluding hydrogens is 360 g/mol. The second-order valence-electron chi connectivity index (χ2n) is 8.27. The average Bonchev–Trinajstić information content (AvgIpc) is 3.26. The summed E-state index contributed by atoms with van der Waals surface area (Å²) in [6.45, 7) is 5.91. The minimum Gasteiger partial charge on any atom is -0.444 e. The molecule has 2 fully saturated rings. The lowest BCUT2D eigenvalue weighted by atomic mass is 10.2. The van der Waals surface area contributed by atoms with Gasteiger partial charge in [-0.3, -0.25) is 9.69 Å². The summed E-state index contributed by atoms with van der Waals surface area (Å²) < 4.78 is 5.40. The Kier molecular flexibility index (Phi) is 5.76. The molecule has 152 valence electrons. The molecule has 0 bridgehead atoms. The molecular formula is C20H28N4O4. The summed E-state index contributed by atoms with van der Waals surface area (Å²) in [5, 5.41) is 8.45. The molecule has 2 aliphatic rings. The summed E-state index contributed by atoms with van der Waals surface area (Å²) >= 11 is 0. The topological polar surface area (TPSA) is 99.8 Å². The van der Waals surface area contributed by atoms with E-state index in [4.69, 9.17) is 4.74 Å². The number of amides is 4. The van der Waals surface area contributed by atoms with Gasteiger partial charge in [-0.1, -0.05) is 0 Å². The third kappa shape index (κ3) is 5.61. The van der Waals surface area contributed by atoms with E-state index in [-0.39, 0.29) is 18.0 Å². The smallest absolute Gasteiger partial charge is 0.410 e. The van der Waals surface area contributed by atoms with Gasteiger partial charge in [0.1, 0.15) is 11.6 Å². The van der Waals surface area contributed by atoms with Gasteiger partial charge < -0.3 is 20.7 Å². The molecule has 8 nitrogen and oxygen atoms in total. The van der Waals surface area contributed by atoms with Crippen molar-refractivity contribution in [3.63, 3.8) is 0 Å². The Morgan fingerprint density at radius 1 is 1.00 bits per heavy atom. The zero-order chi connectivity index (χ0) is 20.3. The van der Waals surface area contributed by atoms with Crippen LogP contribution in [0.5, 0.6) is 0 Å². The lowest BCUT2D eigenvalue weighted by Gasteiger charge is -2.28. The standard InChI is InChI=1S/C20H28N4O4/c1-20(2,3)28-19(27)24-12-4-5-16(24)17(25)21-13-6-8-14(9-7-13)22-18(26)23-15-10-11-15/h6-9,15-16H,4-5,10-12H2,1-3H3,(H,21,25)(H2,22,23,26)/t16-/m0/s1. The molecule has 1 aromatic rings. The largest absolute Gasteiger partial charge is 0.444 e. The van der Waals surface area contributed by atoms with E-state index in [0.717, 1.165) is 19.3 Å². The van der Waals surface area contributed by atoms with Gasteiger partial charge in [-0.25, -0.2) is 9.59 Å². The number of urea groups is 1. The van der Waals surface area contributed by atoms with Gasteiger partial charge in [-0.15, -0.1) is 0 Å². The van der Waals surface area contributed by atoms with E-state index in [1.807, 2.05) is 0 Å². The molecule has 3 rings (SSSR count). The van der Waals surface area contributed by atoms with E-state index in [2.05, 4.69) is 16.0 Å². The van der Waals surface area contributed by atoms with E-state index >= 15 is 0 Å². The number of ether oxygens (including phenoxy) is 1. The number of carbonyl (C=O) groups excluding carboxylic acids is 3.